The molecule has 1 heterocycles. The minimum Gasteiger partial charge on any atom is -0.468 e. The van der Waals surface area contributed by atoms with Crippen molar-refractivity contribution in [1.29, 1.82) is 0 Å². The minimum atomic E-state index is -0.125. The van der Waals surface area contributed by atoms with E-state index < -0.39 is 0 Å². The van der Waals surface area contributed by atoms with Crippen molar-refractivity contribution in [3.05, 3.63) is 0 Å². The van der Waals surface area contributed by atoms with Crippen LogP contribution in [0.25, 0.3) is 0 Å². The number of nitrogens with one attached hydrogen (secondary N) is 1. The highest BCUT2D eigenvalue weighted by Gasteiger charge is 2.28. The van der Waals surface area contributed by atoms with Gasteiger partial charge in [0.05, 0.1) is 13.2 Å². The summed E-state index contributed by atoms with van der Waals surface area (Å²) in [6, 6.07) is 0.414. The summed E-state index contributed by atoms with van der Waals surface area (Å²) in [5.74, 6) is 1.91. The van der Waals surface area contributed by atoms with Crippen molar-refractivity contribution in [1.82, 2.24) is 5.32 Å². The van der Waals surface area contributed by atoms with Crippen LogP contribution in [0.15, 0.2) is 0 Å². The van der Waals surface area contributed by atoms with Crippen LogP contribution in [0.1, 0.15) is 32.1 Å². The van der Waals surface area contributed by atoms with Gasteiger partial charge >= 0.3 is 5.97 Å². The van der Waals surface area contributed by atoms with Gasteiger partial charge < -0.3 is 14.8 Å². The van der Waals surface area contributed by atoms with Gasteiger partial charge in [0, 0.05) is 18.4 Å². The third-order valence-corrected chi connectivity index (χ3v) is 4.51. The average Bonchev–Trinajstić information content (AvgIpc) is 3.05. The van der Waals surface area contributed by atoms with E-state index in [9.17, 15) is 4.79 Å². The second kappa shape index (κ2) is 7.36. The molecule has 0 radical (unpaired) electrons. The number of thioether (sulfide) groups is 1. The topological polar surface area (TPSA) is 47.6 Å². The fourth-order valence-corrected chi connectivity index (χ4v) is 3.23. The van der Waals surface area contributed by atoms with E-state index in [0.29, 0.717) is 12.1 Å². The fraction of sp³-hybridized carbons (Fsp3) is 0.923. The van der Waals surface area contributed by atoms with E-state index >= 15 is 0 Å². The molecule has 0 bridgehead atoms. The molecule has 1 aliphatic carbocycles. The highest BCUT2D eigenvalue weighted by Crippen LogP contribution is 2.21. The molecule has 4 nitrogen and oxygen atoms in total. The van der Waals surface area contributed by atoms with Crippen molar-refractivity contribution >= 4 is 17.7 Å². The van der Waals surface area contributed by atoms with Crippen LogP contribution in [0.3, 0.4) is 0 Å². The molecule has 1 saturated heterocycles. The lowest BCUT2D eigenvalue weighted by Crippen LogP contribution is -2.39. The zero-order valence-electron chi connectivity index (χ0n) is 11.0. The highest BCUT2D eigenvalue weighted by molar-refractivity contribution is 7.99. The molecule has 1 N–H and O–H groups in total. The van der Waals surface area contributed by atoms with Crippen LogP contribution >= 0.6 is 11.8 Å². The van der Waals surface area contributed by atoms with Gasteiger partial charge in [-0.05, 0) is 37.9 Å². The van der Waals surface area contributed by atoms with Crippen molar-refractivity contribution in [2.45, 2.75) is 50.3 Å². The molecule has 0 aromatic heterocycles. The van der Waals surface area contributed by atoms with Crippen molar-refractivity contribution in [2.75, 3.05) is 25.2 Å². The van der Waals surface area contributed by atoms with Gasteiger partial charge in [-0.3, -0.25) is 4.79 Å². The largest absolute Gasteiger partial charge is 0.468 e. The maximum absolute atomic E-state index is 11.6. The first kappa shape index (κ1) is 14.2. The SMILES string of the molecule is COC(=O)C(CCSCC1CCCO1)NC1CC1. The molecule has 5 heteroatoms. The third-order valence-electron chi connectivity index (χ3n) is 3.38. The van der Waals surface area contributed by atoms with Crippen molar-refractivity contribution in [3.63, 3.8) is 0 Å². The quantitative estimate of drug-likeness (QED) is 0.537. The first-order chi connectivity index (χ1) is 8.79. The second-order valence-electron chi connectivity index (χ2n) is 5.02. The summed E-state index contributed by atoms with van der Waals surface area (Å²) in [5.41, 5.74) is 0. The third kappa shape index (κ3) is 4.78. The first-order valence-corrected chi connectivity index (χ1v) is 7.98. The van der Waals surface area contributed by atoms with Crippen molar-refractivity contribution in [2.24, 2.45) is 0 Å². The molecule has 0 aromatic rings. The Morgan fingerprint density at radius 3 is 2.94 bits per heavy atom. The van der Waals surface area contributed by atoms with E-state index in [4.69, 9.17) is 9.47 Å². The second-order valence-corrected chi connectivity index (χ2v) is 6.17. The lowest BCUT2D eigenvalue weighted by molar-refractivity contribution is -0.143. The average molecular weight is 273 g/mol. The Kier molecular flexibility index (Phi) is 5.79. The van der Waals surface area contributed by atoms with Crippen LogP contribution in [0.4, 0.5) is 0 Å². The van der Waals surface area contributed by atoms with Gasteiger partial charge in [0.15, 0.2) is 0 Å². The Balaban J connectivity index is 1.59. The molecule has 1 aliphatic heterocycles. The molecular weight excluding hydrogens is 250 g/mol. The summed E-state index contributed by atoms with van der Waals surface area (Å²) >= 11 is 1.88. The van der Waals surface area contributed by atoms with Gasteiger partial charge in [-0.2, -0.15) is 11.8 Å². The molecule has 104 valence electrons. The van der Waals surface area contributed by atoms with Gasteiger partial charge in [-0.15, -0.1) is 0 Å². The molecule has 1 saturated carbocycles. The maximum Gasteiger partial charge on any atom is 0.322 e. The smallest absolute Gasteiger partial charge is 0.322 e. The minimum absolute atomic E-state index is 0.125. The molecule has 18 heavy (non-hydrogen) atoms. The van der Waals surface area contributed by atoms with Gasteiger partial charge in [-0.1, -0.05) is 0 Å². The van der Waals surface area contributed by atoms with Crippen LogP contribution < -0.4 is 5.32 Å². The summed E-state index contributed by atoms with van der Waals surface area (Å²) in [4.78, 5) is 11.6. The lowest BCUT2D eigenvalue weighted by Gasteiger charge is -2.16. The molecule has 2 aliphatic rings. The van der Waals surface area contributed by atoms with Gasteiger partial charge in [0.2, 0.25) is 0 Å². The predicted octanol–water partition coefficient (Wildman–Crippen LogP) is 1.58. The van der Waals surface area contributed by atoms with Crippen LogP contribution in [0.5, 0.6) is 0 Å². The number of esters is 1. The van der Waals surface area contributed by atoms with Crippen molar-refractivity contribution < 1.29 is 14.3 Å². The zero-order valence-corrected chi connectivity index (χ0v) is 11.8. The Hall–Kier alpha value is -0.260. The van der Waals surface area contributed by atoms with Crippen LogP contribution in [0.2, 0.25) is 0 Å². The van der Waals surface area contributed by atoms with E-state index in [1.54, 1.807) is 0 Å². The summed E-state index contributed by atoms with van der Waals surface area (Å²) in [6.07, 6.45) is 6.05. The summed E-state index contributed by atoms with van der Waals surface area (Å²) in [7, 11) is 1.46. The molecule has 2 unspecified atom stereocenters. The molecular formula is C13H23NO3S. The normalized spacial score (nSPS) is 25.1. The highest BCUT2D eigenvalue weighted by atomic mass is 32.2. The van der Waals surface area contributed by atoms with Crippen LogP contribution in [-0.2, 0) is 14.3 Å². The van der Waals surface area contributed by atoms with Crippen molar-refractivity contribution in [3.8, 4) is 0 Å². The Morgan fingerprint density at radius 2 is 2.33 bits per heavy atom. The molecule has 0 amide bonds. The first-order valence-electron chi connectivity index (χ1n) is 6.83. The molecule has 0 aromatic carbocycles. The number of ether oxygens (including phenoxy) is 2. The number of hydrogen-bond donors (Lipinski definition) is 1. The lowest BCUT2D eigenvalue weighted by atomic mass is 10.2. The Bertz CT molecular complexity index is 265. The number of methoxy groups -OCH3 is 1. The van der Waals surface area contributed by atoms with E-state index in [0.717, 1.165) is 24.5 Å². The molecule has 2 atom stereocenters. The Labute approximate surface area is 113 Å². The molecule has 2 fully saturated rings. The van der Waals surface area contributed by atoms with Gasteiger partial charge in [-0.25, -0.2) is 0 Å². The van der Waals surface area contributed by atoms with Gasteiger partial charge in [0.25, 0.3) is 0 Å². The van der Waals surface area contributed by atoms with Crippen LogP contribution in [0, 0.1) is 0 Å². The molecule has 2 rings (SSSR count). The van der Waals surface area contributed by atoms with E-state index in [2.05, 4.69) is 5.32 Å². The van der Waals surface area contributed by atoms with E-state index in [1.807, 2.05) is 11.8 Å². The van der Waals surface area contributed by atoms with E-state index in [-0.39, 0.29) is 12.0 Å². The summed E-state index contributed by atoms with van der Waals surface area (Å²) in [5, 5.41) is 3.35. The maximum atomic E-state index is 11.6. The fourth-order valence-electron chi connectivity index (χ4n) is 2.14. The number of rotatable bonds is 8. The summed E-state index contributed by atoms with van der Waals surface area (Å²) in [6.45, 7) is 0.916. The monoisotopic (exact) mass is 273 g/mol. The zero-order chi connectivity index (χ0) is 12.8. The van der Waals surface area contributed by atoms with E-state index in [1.165, 1.54) is 32.8 Å². The van der Waals surface area contributed by atoms with Crippen LogP contribution in [-0.4, -0.2) is 49.4 Å². The number of carbonyl (C=O) groups excluding carboxylic acids is 1. The number of hydrogen-bond acceptors (Lipinski definition) is 5. The predicted molar refractivity (Wildman–Crippen MR) is 72.9 cm³/mol. The summed E-state index contributed by atoms with van der Waals surface area (Å²) < 4.78 is 10.4. The standard InChI is InChI=1S/C13H23NO3S/c1-16-13(15)12(14-10-4-5-10)6-8-18-9-11-3-2-7-17-11/h10-12,14H,2-9H2,1H3. The molecule has 0 spiro atoms. The van der Waals surface area contributed by atoms with Gasteiger partial charge in [0.1, 0.15) is 6.04 Å². The Morgan fingerprint density at radius 1 is 1.50 bits per heavy atom. The number of carbonyl (C=O) groups is 1.